The molecule has 0 saturated carbocycles. The van der Waals surface area contributed by atoms with Gasteiger partial charge in [-0.1, -0.05) is 0 Å². The van der Waals surface area contributed by atoms with Crippen LogP contribution in [0.25, 0.3) is 0 Å². The number of hydrogen-bond donors (Lipinski definition) is 2. The Bertz CT molecular complexity index is 288. The Morgan fingerprint density at radius 3 is 0.900 bits per heavy atom. The fourth-order valence-corrected chi connectivity index (χ4v) is 0.481. The van der Waals surface area contributed by atoms with Crippen LogP contribution >= 0.6 is 0 Å². The molecule has 0 aliphatic carbocycles. The molecule has 0 unspecified atom stereocenters. The van der Waals surface area contributed by atoms with E-state index in [0.717, 1.165) is 0 Å². The third kappa shape index (κ3) is 54.4. The molecule has 116 valence electrons. The van der Waals surface area contributed by atoms with Gasteiger partial charge >= 0.3 is 0 Å². The number of H-pyrrole nitrogens is 4. The molecule has 2 aromatic rings. The summed E-state index contributed by atoms with van der Waals surface area (Å²) in [6, 6.07) is 0. The van der Waals surface area contributed by atoms with Crippen LogP contribution in [0.2, 0.25) is 0 Å². The van der Waals surface area contributed by atoms with Crippen molar-refractivity contribution in [3.8, 4) is 0 Å². The third-order valence-corrected chi connectivity index (χ3v) is 0.885. The quantitative estimate of drug-likeness (QED) is 0.466. The lowest BCUT2D eigenvalue weighted by Gasteiger charge is -2.17. The van der Waals surface area contributed by atoms with Crippen LogP contribution in [0.5, 0.6) is 0 Å². The standard InChI is InChI=1S/2C3H4N2.2ClHO4/c2*1-2-5-3-4-1;2*2-1(3,4)5/h2*1-3H,(H,4,5);2*(H,2,3,4,5). The minimum Gasteiger partial charge on any atom is -0.250 e. The molecule has 14 heteroatoms. The second-order valence-corrected chi connectivity index (χ2v) is 3.89. The lowest BCUT2D eigenvalue weighted by molar-refractivity contribution is -2.00. The van der Waals surface area contributed by atoms with Gasteiger partial charge in [0.15, 0.2) is 0 Å². The molecule has 0 radical (unpaired) electrons. The molecule has 0 aliphatic heterocycles. The van der Waals surface area contributed by atoms with Gasteiger partial charge in [-0.05, 0) is 0 Å². The summed E-state index contributed by atoms with van der Waals surface area (Å²) in [5, 5.41) is 0. The maximum atomic E-state index is 8.49. The first-order chi connectivity index (χ1) is 9.00. The Labute approximate surface area is 116 Å². The summed E-state index contributed by atoms with van der Waals surface area (Å²) in [6.45, 7) is 0. The summed E-state index contributed by atoms with van der Waals surface area (Å²) in [7, 11) is -9.89. The molecule has 0 atom stereocenters. The maximum absolute atomic E-state index is 8.49. The molecular weight excluding hydrogens is 327 g/mol. The predicted molar refractivity (Wildman–Crippen MR) is 34.7 cm³/mol. The van der Waals surface area contributed by atoms with E-state index in [2.05, 4.69) is 19.9 Å². The van der Waals surface area contributed by atoms with Gasteiger partial charge in [-0.2, -0.15) is 0 Å². The molecule has 0 spiro atoms. The third-order valence-electron chi connectivity index (χ3n) is 0.885. The van der Waals surface area contributed by atoms with Gasteiger partial charge in [-0.15, -0.1) is 20.5 Å². The summed E-state index contributed by atoms with van der Waals surface area (Å²) >= 11 is 0. The van der Waals surface area contributed by atoms with E-state index in [-0.39, 0.29) is 0 Å². The zero-order chi connectivity index (χ0) is 16.1. The fourth-order valence-electron chi connectivity index (χ4n) is 0.481. The van der Waals surface area contributed by atoms with E-state index < -0.39 is 20.5 Å². The smallest absolute Gasteiger partial charge is 0.239 e. The topological polar surface area (TPSA) is 244 Å². The highest BCUT2D eigenvalue weighted by molar-refractivity contribution is 4.53. The highest BCUT2D eigenvalue weighted by Gasteiger charge is 1.84. The normalized spacial score (nSPS) is 10.0. The van der Waals surface area contributed by atoms with E-state index in [9.17, 15) is 0 Å². The van der Waals surface area contributed by atoms with Gasteiger partial charge in [0.2, 0.25) is 12.7 Å². The van der Waals surface area contributed by atoms with Gasteiger partial charge < -0.3 is 0 Å². The monoisotopic (exact) mass is 336 g/mol. The van der Waals surface area contributed by atoms with E-state index in [1.54, 1.807) is 12.7 Å². The number of halogens is 2. The first-order valence-corrected chi connectivity index (χ1v) is 6.68. The van der Waals surface area contributed by atoms with Crippen molar-refractivity contribution in [3.63, 3.8) is 0 Å². The number of aromatic amines is 4. The van der Waals surface area contributed by atoms with Gasteiger partial charge in [0.1, 0.15) is 24.8 Å². The van der Waals surface area contributed by atoms with Crippen LogP contribution in [-0.4, -0.2) is 9.97 Å². The number of aromatic nitrogens is 4. The van der Waals surface area contributed by atoms with Gasteiger partial charge in [-0.3, -0.25) is 19.9 Å². The summed E-state index contributed by atoms with van der Waals surface area (Å²) in [4.78, 5) is 11.2. The van der Waals surface area contributed by atoms with Crippen LogP contribution in [0.3, 0.4) is 0 Å². The molecule has 20 heavy (non-hydrogen) atoms. The van der Waals surface area contributed by atoms with Crippen LogP contribution in [0.1, 0.15) is 0 Å². The van der Waals surface area contributed by atoms with Crippen molar-refractivity contribution in [2.75, 3.05) is 0 Å². The first kappa shape index (κ1) is 21.0. The lowest BCUT2D eigenvalue weighted by atomic mass is 11.0. The Morgan fingerprint density at radius 2 is 0.850 bits per heavy atom. The minimum atomic E-state index is -4.94. The van der Waals surface area contributed by atoms with Crippen molar-refractivity contribution in [1.82, 2.24) is 9.97 Å². The van der Waals surface area contributed by atoms with E-state index in [1.807, 2.05) is 24.8 Å². The number of rotatable bonds is 0. The molecule has 0 amide bonds. The number of imidazole rings is 2. The Hall–Kier alpha value is -1.32. The van der Waals surface area contributed by atoms with Gasteiger partial charge in [0.05, 0.1) is 0 Å². The second-order valence-electron chi connectivity index (χ2n) is 2.38. The Balaban J connectivity index is 0. The average molecular weight is 337 g/mol. The predicted octanol–water partition coefficient (Wildman–Crippen LogP) is -9.85. The van der Waals surface area contributed by atoms with Crippen LogP contribution in [-0.2, 0) is 0 Å². The van der Waals surface area contributed by atoms with Gasteiger partial charge in [0, 0.05) is 0 Å². The Kier molecular flexibility index (Phi) is 12.1. The fraction of sp³-hybridized carbons (Fsp3) is 0. The summed E-state index contributed by atoms with van der Waals surface area (Å²) < 4.78 is 67.9. The molecule has 2 heterocycles. The van der Waals surface area contributed by atoms with E-state index in [0.29, 0.717) is 0 Å². The zero-order valence-corrected chi connectivity index (χ0v) is 11.0. The molecule has 2 aromatic heterocycles. The Morgan fingerprint density at radius 1 is 0.600 bits per heavy atom. The van der Waals surface area contributed by atoms with Crippen LogP contribution in [0.4, 0.5) is 0 Å². The first-order valence-electron chi connectivity index (χ1n) is 4.21. The molecule has 4 N–H and O–H groups in total. The second kappa shape index (κ2) is 11.5. The van der Waals surface area contributed by atoms with Crippen molar-refractivity contribution in [3.05, 3.63) is 37.4 Å². The molecule has 0 fully saturated rings. The minimum absolute atomic E-state index is 1.75. The van der Waals surface area contributed by atoms with Crippen molar-refractivity contribution in [2.45, 2.75) is 0 Å². The summed E-state index contributed by atoms with van der Waals surface area (Å²) in [5.41, 5.74) is 0. The highest BCUT2D eigenvalue weighted by Crippen LogP contribution is 1.54. The number of hydrogen-bond acceptors (Lipinski definition) is 8. The van der Waals surface area contributed by atoms with Crippen molar-refractivity contribution in [2.24, 2.45) is 0 Å². The largest absolute Gasteiger partial charge is 0.250 e. The van der Waals surface area contributed by atoms with Crippen LogP contribution < -0.4 is 47.2 Å². The van der Waals surface area contributed by atoms with E-state index >= 15 is 0 Å². The molecule has 2 rings (SSSR count). The maximum Gasteiger partial charge on any atom is 0.239 e. The van der Waals surface area contributed by atoms with Crippen molar-refractivity contribution < 1.29 is 67.7 Å². The summed E-state index contributed by atoms with van der Waals surface area (Å²) in [5.74, 6) is 0. The average Bonchev–Trinajstić information content (AvgIpc) is 2.92. The van der Waals surface area contributed by atoms with E-state index in [4.69, 9.17) is 37.3 Å². The van der Waals surface area contributed by atoms with Gasteiger partial charge in [-0.25, -0.2) is 37.3 Å². The number of nitrogens with one attached hydrogen (secondary N) is 4. The molecule has 0 aromatic carbocycles. The molecule has 0 bridgehead atoms. The van der Waals surface area contributed by atoms with Crippen molar-refractivity contribution >= 4 is 0 Å². The van der Waals surface area contributed by atoms with Crippen LogP contribution in [0, 0.1) is 20.5 Å². The van der Waals surface area contributed by atoms with Gasteiger partial charge in [0.25, 0.3) is 0 Å². The molecule has 12 nitrogen and oxygen atoms in total. The SMILES string of the molecule is [O-][Cl+3]([O-])([O-])[O-].[O-][Cl+3]([O-])([O-])[O-].c1c[nH+]c[nH]1.c1c[nH+]c[nH]1. The molecular formula is C6H10Cl2N4O8. The molecule has 0 aliphatic rings. The molecule has 0 saturated heterocycles. The van der Waals surface area contributed by atoms with Crippen molar-refractivity contribution in [1.29, 1.82) is 0 Å². The zero-order valence-electron chi connectivity index (χ0n) is 9.49. The van der Waals surface area contributed by atoms with E-state index in [1.165, 1.54) is 0 Å². The van der Waals surface area contributed by atoms with Crippen LogP contribution in [0.15, 0.2) is 37.4 Å². The lowest BCUT2D eigenvalue weighted by Crippen LogP contribution is -2.68. The summed E-state index contributed by atoms with van der Waals surface area (Å²) in [6.07, 6.45) is 10.8. The highest BCUT2D eigenvalue weighted by atomic mass is 35.7.